The Balaban J connectivity index is 3.04. The topological polar surface area (TPSA) is 17.8 Å². The Morgan fingerprint density at radius 3 is 2.71 bits per heavy atom. The van der Waals surface area contributed by atoms with E-state index in [1.54, 1.807) is 10.3 Å². The first-order chi connectivity index (χ1) is 3.29. The highest BCUT2D eigenvalue weighted by Gasteiger charge is 1.82. The predicted molar refractivity (Wildman–Crippen MR) is 31.3 cm³/mol. The van der Waals surface area contributed by atoms with Crippen LogP contribution in [0, 0.1) is 6.92 Å². The fraction of sp³-hybridized carbons (Fsp3) is 0.250. The van der Waals surface area contributed by atoms with Crippen LogP contribution in [0.1, 0.15) is 5.69 Å². The second-order valence-electron chi connectivity index (χ2n) is 1.40. The molecule has 0 aliphatic rings. The molecule has 0 unspecified atom stereocenters. The maximum Gasteiger partial charge on any atom is 0.105 e. The summed E-state index contributed by atoms with van der Waals surface area (Å²) in [6, 6.07) is 0. The van der Waals surface area contributed by atoms with Gasteiger partial charge in [-0.1, -0.05) is 12.8 Å². The summed E-state index contributed by atoms with van der Waals surface area (Å²) < 4.78 is 1.62. The lowest BCUT2D eigenvalue weighted by atomic mass is 10.6. The molecule has 1 aromatic heterocycles. The Morgan fingerprint density at radius 2 is 2.57 bits per heavy atom. The molecule has 1 rings (SSSR count). The van der Waals surface area contributed by atoms with Gasteiger partial charge in [0.05, 0.1) is 5.69 Å². The summed E-state index contributed by atoms with van der Waals surface area (Å²) in [5, 5.41) is 0. The molecule has 0 aromatic carbocycles. The molecule has 2 nitrogen and oxygen atoms in total. The molecule has 0 amide bonds. The minimum atomic E-state index is 0.995. The Kier molecular flexibility index (Phi) is 1.06. The van der Waals surface area contributed by atoms with Gasteiger partial charge in [0.1, 0.15) is 6.33 Å². The first-order valence-corrected chi connectivity index (χ1v) is 2.39. The molecule has 0 radical (unpaired) electrons. The summed E-state index contributed by atoms with van der Waals surface area (Å²) >= 11 is 3.96. The Labute approximate surface area is 47.7 Å². The summed E-state index contributed by atoms with van der Waals surface area (Å²) in [5.74, 6) is 0. The first-order valence-electron chi connectivity index (χ1n) is 1.99. The zero-order valence-electron chi connectivity index (χ0n) is 4.00. The van der Waals surface area contributed by atoms with Gasteiger partial charge < -0.3 is 0 Å². The van der Waals surface area contributed by atoms with Crippen LogP contribution in [-0.2, 0) is 0 Å². The standard InChI is InChI=1S/C4H6N2S/c1-4-2-6(7)3-5-4/h2-3,7H,1H3. The number of rotatable bonds is 0. The molecule has 1 aromatic rings. The molecular weight excluding hydrogens is 108 g/mol. The lowest BCUT2D eigenvalue weighted by Gasteiger charge is -1.76. The van der Waals surface area contributed by atoms with Gasteiger partial charge in [-0.2, -0.15) is 0 Å². The van der Waals surface area contributed by atoms with Gasteiger partial charge >= 0.3 is 0 Å². The molecule has 0 bridgehead atoms. The molecule has 0 atom stereocenters. The van der Waals surface area contributed by atoms with Gasteiger partial charge in [-0.25, -0.2) is 4.98 Å². The molecular formula is C4H6N2S. The predicted octanol–water partition coefficient (Wildman–Crippen LogP) is 0.884. The SMILES string of the molecule is Cc1cn(S)cn1. The number of imidazole rings is 1. The first kappa shape index (κ1) is 4.71. The van der Waals surface area contributed by atoms with Crippen molar-refractivity contribution in [3.05, 3.63) is 18.2 Å². The van der Waals surface area contributed by atoms with Crippen LogP contribution >= 0.6 is 12.8 Å². The smallest absolute Gasteiger partial charge is 0.105 e. The van der Waals surface area contributed by atoms with E-state index in [1.807, 2.05) is 13.1 Å². The van der Waals surface area contributed by atoms with Crippen LogP contribution in [0.2, 0.25) is 0 Å². The number of nitrogens with zero attached hydrogens (tertiary/aromatic N) is 2. The van der Waals surface area contributed by atoms with Crippen molar-refractivity contribution in [2.45, 2.75) is 6.92 Å². The molecule has 0 spiro atoms. The largest absolute Gasteiger partial charge is 0.283 e. The number of aromatic nitrogens is 2. The Morgan fingerprint density at radius 1 is 1.86 bits per heavy atom. The lowest BCUT2D eigenvalue weighted by molar-refractivity contribution is 1.23. The normalized spacial score (nSPS) is 9.43. The molecule has 0 fully saturated rings. The molecule has 0 N–H and O–H groups in total. The van der Waals surface area contributed by atoms with Crippen molar-refractivity contribution in [1.82, 2.24) is 8.96 Å². The molecule has 0 saturated carbocycles. The van der Waals surface area contributed by atoms with Crippen LogP contribution in [0.25, 0.3) is 0 Å². The molecule has 38 valence electrons. The number of hydrogen-bond donors (Lipinski definition) is 1. The third kappa shape index (κ3) is 0.962. The maximum atomic E-state index is 3.96. The van der Waals surface area contributed by atoms with Crippen molar-refractivity contribution in [1.29, 1.82) is 0 Å². The van der Waals surface area contributed by atoms with Crippen LogP contribution in [0.5, 0.6) is 0 Å². The van der Waals surface area contributed by atoms with Crippen molar-refractivity contribution < 1.29 is 0 Å². The van der Waals surface area contributed by atoms with E-state index in [4.69, 9.17) is 0 Å². The Hall–Kier alpha value is -0.440. The van der Waals surface area contributed by atoms with Crippen LogP contribution in [0.15, 0.2) is 12.5 Å². The third-order valence-corrected chi connectivity index (χ3v) is 0.918. The van der Waals surface area contributed by atoms with Gasteiger partial charge in [-0.15, -0.1) is 0 Å². The number of thiol groups is 1. The summed E-state index contributed by atoms with van der Waals surface area (Å²) in [6.07, 6.45) is 3.49. The van der Waals surface area contributed by atoms with Gasteiger partial charge in [0.2, 0.25) is 0 Å². The zero-order valence-corrected chi connectivity index (χ0v) is 4.89. The Bertz CT molecular complexity index is 142. The summed E-state index contributed by atoms with van der Waals surface area (Å²) in [4.78, 5) is 3.90. The van der Waals surface area contributed by atoms with Crippen molar-refractivity contribution in [3.8, 4) is 0 Å². The van der Waals surface area contributed by atoms with Crippen LogP contribution < -0.4 is 0 Å². The van der Waals surface area contributed by atoms with Crippen molar-refractivity contribution in [3.63, 3.8) is 0 Å². The van der Waals surface area contributed by atoms with Gasteiger partial charge in [-0.3, -0.25) is 3.97 Å². The molecule has 0 saturated heterocycles. The van der Waals surface area contributed by atoms with E-state index in [0.717, 1.165) is 5.69 Å². The van der Waals surface area contributed by atoms with E-state index in [-0.39, 0.29) is 0 Å². The highest BCUT2D eigenvalue weighted by molar-refractivity contribution is 7.78. The second-order valence-corrected chi connectivity index (χ2v) is 1.86. The van der Waals surface area contributed by atoms with Crippen LogP contribution in [-0.4, -0.2) is 8.96 Å². The van der Waals surface area contributed by atoms with E-state index < -0.39 is 0 Å². The maximum absolute atomic E-state index is 3.96. The van der Waals surface area contributed by atoms with Gasteiger partial charge in [0, 0.05) is 6.20 Å². The third-order valence-electron chi connectivity index (χ3n) is 0.699. The fourth-order valence-corrected chi connectivity index (χ4v) is 0.627. The van der Waals surface area contributed by atoms with Gasteiger partial charge in [0.15, 0.2) is 0 Å². The fourth-order valence-electron chi connectivity index (χ4n) is 0.408. The highest BCUT2D eigenvalue weighted by atomic mass is 32.1. The van der Waals surface area contributed by atoms with Crippen molar-refractivity contribution in [2.24, 2.45) is 0 Å². The summed E-state index contributed by atoms with van der Waals surface area (Å²) in [7, 11) is 0. The summed E-state index contributed by atoms with van der Waals surface area (Å²) in [5.41, 5.74) is 0.995. The van der Waals surface area contributed by atoms with E-state index in [9.17, 15) is 0 Å². The zero-order chi connectivity index (χ0) is 5.28. The number of aryl methyl sites for hydroxylation is 1. The second kappa shape index (κ2) is 1.58. The quantitative estimate of drug-likeness (QED) is 0.496. The van der Waals surface area contributed by atoms with Crippen LogP contribution in [0.3, 0.4) is 0 Å². The minimum absolute atomic E-state index is 0.995. The monoisotopic (exact) mass is 114 g/mol. The average molecular weight is 114 g/mol. The van der Waals surface area contributed by atoms with E-state index in [0.29, 0.717) is 0 Å². The van der Waals surface area contributed by atoms with E-state index in [2.05, 4.69) is 17.8 Å². The lowest BCUT2D eigenvalue weighted by Crippen LogP contribution is -1.65. The van der Waals surface area contributed by atoms with Gasteiger partial charge in [0.25, 0.3) is 0 Å². The molecule has 0 aliphatic heterocycles. The van der Waals surface area contributed by atoms with Crippen molar-refractivity contribution >= 4 is 12.8 Å². The minimum Gasteiger partial charge on any atom is -0.283 e. The molecule has 0 aliphatic carbocycles. The average Bonchev–Trinajstić information content (AvgIpc) is 1.87. The number of hydrogen-bond acceptors (Lipinski definition) is 2. The molecule has 1 heterocycles. The van der Waals surface area contributed by atoms with Gasteiger partial charge in [-0.05, 0) is 6.92 Å². The van der Waals surface area contributed by atoms with Crippen molar-refractivity contribution in [2.75, 3.05) is 0 Å². The molecule has 7 heavy (non-hydrogen) atoms. The summed E-state index contributed by atoms with van der Waals surface area (Å²) in [6.45, 7) is 1.92. The molecule has 3 heteroatoms. The highest BCUT2D eigenvalue weighted by Crippen LogP contribution is 1.92. The van der Waals surface area contributed by atoms with E-state index in [1.165, 1.54) is 0 Å². The van der Waals surface area contributed by atoms with Crippen LogP contribution in [0.4, 0.5) is 0 Å². The van der Waals surface area contributed by atoms with E-state index >= 15 is 0 Å².